The van der Waals surface area contributed by atoms with Crippen molar-refractivity contribution in [2.45, 2.75) is 31.9 Å². The Kier molecular flexibility index (Phi) is 4.07. The zero-order valence-corrected chi connectivity index (χ0v) is 11.9. The van der Waals surface area contributed by atoms with Crippen molar-refractivity contribution in [2.75, 3.05) is 18.8 Å². The molecule has 100 valence electrons. The molecule has 1 aliphatic heterocycles. The van der Waals surface area contributed by atoms with E-state index in [0.717, 1.165) is 18.5 Å². The Bertz CT molecular complexity index is 517. The van der Waals surface area contributed by atoms with Gasteiger partial charge in [-0.15, -0.1) is 0 Å². The van der Waals surface area contributed by atoms with Crippen molar-refractivity contribution in [1.29, 1.82) is 0 Å². The topological polar surface area (TPSA) is 46.2 Å². The number of hydrogen-bond donors (Lipinski definition) is 1. The van der Waals surface area contributed by atoms with Gasteiger partial charge in [0.1, 0.15) is 0 Å². The van der Waals surface area contributed by atoms with Gasteiger partial charge in [-0.1, -0.05) is 23.8 Å². The van der Waals surface area contributed by atoms with Crippen molar-refractivity contribution < 1.29 is 8.42 Å². The third-order valence-corrected chi connectivity index (χ3v) is 5.87. The highest BCUT2D eigenvalue weighted by molar-refractivity contribution is 7.92. The van der Waals surface area contributed by atoms with Crippen LogP contribution in [0.3, 0.4) is 0 Å². The van der Waals surface area contributed by atoms with Gasteiger partial charge in [-0.05, 0) is 44.4 Å². The van der Waals surface area contributed by atoms with E-state index in [-0.39, 0.29) is 11.0 Å². The van der Waals surface area contributed by atoms with Gasteiger partial charge in [0.25, 0.3) is 0 Å². The van der Waals surface area contributed by atoms with Crippen molar-refractivity contribution in [3.63, 3.8) is 0 Å². The largest absolute Gasteiger partial charge is 0.315 e. The highest BCUT2D eigenvalue weighted by atomic mass is 32.2. The fourth-order valence-electron chi connectivity index (χ4n) is 2.42. The maximum absolute atomic E-state index is 12.2. The molecule has 4 heteroatoms. The molecule has 2 rings (SSSR count). The van der Waals surface area contributed by atoms with Gasteiger partial charge in [0.2, 0.25) is 0 Å². The van der Waals surface area contributed by atoms with Crippen molar-refractivity contribution >= 4 is 9.84 Å². The second kappa shape index (κ2) is 5.41. The first kappa shape index (κ1) is 13.6. The summed E-state index contributed by atoms with van der Waals surface area (Å²) < 4.78 is 24.3. The quantitative estimate of drug-likeness (QED) is 0.902. The lowest BCUT2D eigenvalue weighted by atomic mass is 10.0. The van der Waals surface area contributed by atoms with Crippen LogP contribution in [0, 0.1) is 13.8 Å². The van der Waals surface area contributed by atoms with Crippen LogP contribution in [0.15, 0.2) is 18.2 Å². The van der Waals surface area contributed by atoms with Gasteiger partial charge in [-0.2, -0.15) is 0 Å². The summed E-state index contributed by atoms with van der Waals surface area (Å²) in [5.41, 5.74) is 3.53. The summed E-state index contributed by atoms with van der Waals surface area (Å²) in [4.78, 5) is 0. The number of hydrogen-bond acceptors (Lipinski definition) is 3. The lowest BCUT2D eigenvalue weighted by molar-refractivity contribution is 0.582. The Morgan fingerprint density at radius 1 is 1.33 bits per heavy atom. The molecule has 0 aromatic heterocycles. The summed E-state index contributed by atoms with van der Waals surface area (Å²) in [6, 6.07) is 6.22. The lowest BCUT2D eigenvalue weighted by Gasteiger charge is -2.12. The standard InChI is InChI=1S/C14H21NO2S/c1-11-3-4-12(2)13(9-11)6-8-18(16,17)14-5-7-15-10-14/h3-4,9,14-15H,5-8,10H2,1-2H3. The Labute approximate surface area is 110 Å². The van der Waals surface area contributed by atoms with Crippen LogP contribution in [0.4, 0.5) is 0 Å². The molecule has 1 saturated heterocycles. The minimum atomic E-state index is -2.95. The number of nitrogens with one attached hydrogen (secondary N) is 1. The summed E-state index contributed by atoms with van der Waals surface area (Å²) >= 11 is 0. The molecular formula is C14H21NO2S. The highest BCUT2D eigenvalue weighted by Gasteiger charge is 2.28. The van der Waals surface area contributed by atoms with Gasteiger partial charge < -0.3 is 5.32 Å². The maximum Gasteiger partial charge on any atom is 0.154 e. The molecule has 1 heterocycles. The summed E-state index contributed by atoms with van der Waals surface area (Å²) in [7, 11) is -2.95. The first-order valence-corrected chi connectivity index (χ1v) is 8.19. The maximum atomic E-state index is 12.2. The second-order valence-electron chi connectivity index (χ2n) is 5.16. The molecule has 0 bridgehead atoms. The summed E-state index contributed by atoms with van der Waals surface area (Å²) in [6.07, 6.45) is 1.39. The fourth-order valence-corrected chi connectivity index (χ4v) is 4.11. The third-order valence-electron chi connectivity index (χ3n) is 3.68. The molecule has 0 saturated carbocycles. The molecule has 1 fully saturated rings. The zero-order valence-electron chi connectivity index (χ0n) is 11.1. The Hall–Kier alpha value is -0.870. The molecule has 1 aromatic rings. The molecule has 0 aliphatic carbocycles. The molecule has 1 unspecified atom stereocenters. The number of rotatable bonds is 4. The monoisotopic (exact) mass is 267 g/mol. The fraction of sp³-hybridized carbons (Fsp3) is 0.571. The predicted molar refractivity (Wildman–Crippen MR) is 74.7 cm³/mol. The summed E-state index contributed by atoms with van der Waals surface area (Å²) in [5.74, 6) is 0.268. The van der Waals surface area contributed by atoms with E-state index in [1.807, 2.05) is 13.8 Å². The van der Waals surface area contributed by atoms with Gasteiger partial charge >= 0.3 is 0 Å². The average molecular weight is 267 g/mol. The van der Waals surface area contributed by atoms with E-state index in [1.54, 1.807) is 0 Å². The van der Waals surface area contributed by atoms with E-state index in [1.165, 1.54) is 11.1 Å². The van der Waals surface area contributed by atoms with E-state index < -0.39 is 9.84 Å². The molecular weight excluding hydrogens is 246 g/mol. The first-order valence-electron chi connectivity index (χ1n) is 6.47. The third kappa shape index (κ3) is 3.12. The molecule has 0 radical (unpaired) electrons. The first-order chi connectivity index (χ1) is 8.49. The summed E-state index contributed by atoms with van der Waals surface area (Å²) in [5, 5.41) is 2.94. The minimum Gasteiger partial charge on any atom is -0.315 e. The molecule has 1 atom stereocenters. The van der Waals surface area contributed by atoms with Crippen LogP contribution in [0.2, 0.25) is 0 Å². The van der Waals surface area contributed by atoms with E-state index in [0.29, 0.717) is 13.0 Å². The van der Waals surface area contributed by atoms with E-state index in [2.05, 4.69) is 23.5 Å². The second-order valence-corrected chi connectivity index (χ2v) is 7.56. The van der Waals surface area contributed by atoms with Gasteiger partial charge in [-0.25, -0.2) is 8.42 Å². The van der Waals surface area contributed by atoms with Crippen molar-refractivity contribution in [3.05, 3.63) is 34.9 Å². The SMILES string of the molecule is Cc1ccc(C)c(CCS(=O)(=O)C2CCNC2)c1. The number of benzene rings is 1. The van der Waals surface area contributed by atoms with Crippen molar-refractivity contribution in [3.8, 4) is 0 Å². The van der Waals surface area contributed by atoms with Crippen LogP contribution in [0.25, 0.3) is 0 Å². The average Bonchev–Trinajstić information content (AvgIpc) is 2.85. The van der Waals surface area contributed by atoms with Crippen LogP contribution in [-0.4, -0.2) is 32.5 Å². The van der Waals surface area contributed by atoms with Crippen LogP contribution >= 0.6 is 0 Å². The molecule has 3 nitrogen and oxygen atoms in total. The predicted octanol–water partition coefficient (Wildman–Crippen LogP) is 1.62. The van der Waals surface area contributed by atoms with Gasteiger partial charge in [0.05, 0.1) is 11.0 Å². The van der Waals surface area contributed by atoms with Crippen LogP contribution < -0.4 is 5.32 Å². The molecule has 1 aromatic carbocycles. The molecule has 0 spiro atoms. The van der Waals surface area contributed by atoms with Crippen LogP contribution in [0.1, 0.15) is 23.1 Å². The number of aryl methyl sites for hydroxylation is 3. The Balaban J connectivity index is 2.04. The van der Waals surface area contributed by atoms with E-state index >= 15 is 0 Å². The highest BCUT2D eigenvalue weighted by Crippen LogP contribution is 2.16. The van der Waals surface area contributed by atoms with Crippen LogP contribution in [-0.2, 0) is 16.3 Å². The molecule has 0 amide bonds. The van der Waals surface area contributed by atoms with Gasteiger partial charge in [0, 0.05) is 6.54 Å². The minimum absolute atomic E-state index is 0.178. The summed E-state index contributed by atoms with van der Waals surface area (Å²) in [6.45, 7) is 5.53. The van der Waals surface area contributed by atoms with E-state index in [4.69, 9.17) is 0 Å². The lowest BCUT2D eigenvalue weighted by Crippen LogP contribution is -2.27. The van der Waals surface area contributed by atoms with Gasteiger partial charge in [-0.3, -0.25) is 0 Å². The number of sulfone groups is 1. The van der Waals surface area contributed by atoms with Crippen molar-refractivity contribution in [2.24, 2.45) is 0 Å². The smallest absolute Gasteiger partial charge is 0.154 e. The Morgan fingerprint density at radius 3 is 2.78 bits per heavy atom. The Morgan fingerprint density at radius 2 is 2.11 bits per heavy atom. The molecule has 18 heavy (non-hydrogen) atoms. The van der Waals surface area contributed by atoms with Crippen molar-refractivity contribution in [1.82, 2.24) is 5.32 Å². The molecule has 1 N–H and O–H groups in total. The van der Waals surface area contributed by atoms with E-state index in [9.17, 15) is 8.42 Å². The normalized spacial score (nSPS) is 20.2. The molecule has 1 aliphatic rings. The van der Waals surface area contributed by atoms with Crippen LogP contribution in [0.5, 0.6) is 0 Å². The zero-order chi connectivity index (χ0) is 13.2. The van der Waals surface area contributed by atoms with Gasteiger partial charge in [0.15, 0.2) is 9.84 Å².